The molecule has 0 fully saturated rings. The highest BCUT2D eigenvalue weighted by Gasteiger charge is 2.40. The summed E-state index contributed by atoms with van der Waals surface area (Å²) in [4.78, 5) is 25.8. The number of carbonyl (C=O) groups is 2. The first-order valence-electron chi connectivity index (χ1n) is 7.85. The van der Waals surface area contributed by atoms with Crippen LogP contribution < -0.4 is 4.90 Å². The summed E-state index contributed by atoms with van der Waals surface area (Å²) >= 11 is 0. The molecule has 0 bridgehead atoms. The second kappa shape index (κ2) is 5.23. The van der Waals surface area contributed by atoms with Crippen molar-refractivity contribution in [2.24, 2.45) is 0 Å². The molecule has 116 valence electrons. The Kier molecular flexibility index (Phi) is 3.18. The standard InChI is InChI=1S/C19H17NO3/c21-18(22)10-13-11-20(17-8-4-3-7-15(13)17)19(23)16-9-12-5-1-2-6-14(12)16/h1-8,13,16H,9-11H2,(H,21,22). The molecule has 0 saturated heterocycles. The lowest BCUT2D eigenvalue weighted by molar-refractivity contribution is -0.137. The molecule has 4 rings (SSSR count). The fourth-order valence-corrected chi connectivity index (χ4v) is 3.76. The number of hydrogen-bond acceptors (Lipinski definition) is 2. The zero-order valence-electron chi connectivity index (χ0n) is 12.6. The number of carboxylic acid groups (broad SMARTS) is 1. The maximum Gasteiger partial charge on any atom is 0.304 e. The Morgan fingerprint density at radius 3 is 2.48 bits per heavy atom. The van der Waals surface area contributed by atoms with Crippen molar-refractivity contribution in [1.82, 2.24) is 0 Å². The first kappa shape index (κ1) is 14.0. The maximum absolute atomic E-state index is 13.0. The van der Waals surface area contributed by atoms with Gasteiger partial charge in [0.25, 0.3) is 0 Å². The molecular weight excluding hydrogens is 290 g/mol. The lowest BCUT2D eigenvalue weighted by Crippen LogP contribution is -2.39. The molecule has 2 unspecified atom stereocenters. The number of anilines is 1. The van der Waals surface area contributed by atoms with Gasteiger partial charge in [0.05, 0.1) is 12.3 Å². The number of nitrogens with zero attached hydrogens (tertiary/aromatic N) is 1. The molecule has 0 spiro atoms. The summed E-state index contributed by atoms with van der Waals surface area (Å²) in [7, 11) is 0. The van der Waals surface area contributed by atoms with E-state index in [2.05, 4.69) is 6.07 Å². The monoisotopic (exact) mass is 307 g/mol. The van der Waals surface area contributed by atoms with Crippen LogP contribution in [0.2, 0.25) is 0 Å². The van der Waals surface area contributed by atoms with Gasteiger partial charge in [-0.25, -0.2) is 0 Å². The van der Waals surface area contributed by atoms with E-state index in [1.807, 2.05) is 42.5 Å². The van der Waals surface area contributed by atoms with Gasteiger partial charge < -0.3 is 10.0 Å². The Balaban J connectivity index is 1.63. The Hall–Kier alpha value is -2.62. The van der Waals surface area contributed by atoms with E-state index in [4.69, 9.17) is 5.11 Å². The minimum absolute atomic E-state index is 0.0576. The van der Waals surface area contributed by atoms with Crippen LogP contribution in [0.1, 0.15) is 34.9 Å². The van der Waals surface area contributed by atoms with Gasteiger partial charge in [-0.05, 0) is 29.2 Å². The predicted molar refractivity (Wildman–Crippen MR) is 86.7 cm³/mol. The van der Waals surface area contributed by atoms with Gasteiger partial charge in [0, 0.05) is 18.2 Å². The summed E-state index contributed by atoms with van der Waals surface area (Å²) in [5.74, 6) is -0.956. The van der Waals surface area contributed by atoms with E-state index in [1.165, 1.54) is 5.56 Å². The van der Waals surface area contributed by atoms with E-state index in [9.17, 15) is 9.59 Å². The van der Waals surface area contributed by atoms with Crippen LogP contribution in [0.25, 0.3) is 0 Å². The minimum Gasteiger partial charge on any atom is -0.481 e. The van der Waals surface area contributed by atoms with Crippen LogP contribution in [0.3, 0.4) is 0 Å². The van der Waals surface area contributed by atoms with Crippen LogP contribution in [0.5, 0.6) is 0 Å². The van der Waals surface area contributed by atoms with E-state index >= 15 is 0 Å². The van der Waals surface area contributed by atoms with Gasteiger partial charge in [-0.1, -0.05) is 42.5 Å². The molecule has 0 saturated carbocycles. The second-order valence-corrected chi connectivity index (χ2v) is 6.26. The van der Waals surface area contributed by atoms with Crippen molar-refractivity contribution in [2.45, 2.75) is 24.7 Å². The fourth-order valence-electron chi connectivity index (χ4n) is 3.76. The Morgan fingerprint density at radius 2 is 1.74 bits per heavy atom. The Morgan fingerprint density at radius 1 is 1.04 bits per heavy atom. The molecule has 2 atom stereocenters. The van der Waals surface area contributed by atoms with Crippen molar-refractivity contribution >= 4 is 17.6 Å². The van der Waals surface area contributed by atoms with Gasteiger partial charge in [0.2, 0.25) is 5.91 Å². The number of fused-ring (bicyclic) bond motifs is 2. The van der Waals surface area contributed by atoms with Crippen LogP contribution in [0.15, 0.2) is 48.5 Å². The highest BCUT2D eigenvalue weighted by atomic mass is 16.4. The number of carbonyl (C=O) groups excluding carboxylic acids is 1. The van der Waals surface area contributed by atoms with Gasteiger partial charge in [0.1, 0.15) is 0 Å². The van der Waals surface area contributed by atoms with Gasteiger partial charge in [-0.15, -0.1) is 0 Å². The summed E-state index contributed by atoms with van der Waals surface area (Å²) in [5, 5.41) is 9.12. The summed E-state index contributed by atoms with van der Waals surface area (Å²) in [5.41, 5.74) is 4.18. The number of para-hydroxylation sites is 1. The molecule has 1 aliphatic carbocycles. The van der Waals surface area contributed by atoms with Crippen molar-refractivity contribution < 1.29 is 14.7 Å². The fraction of sp³-hybridized carbons (Fsp3) is 0.263. The van der Waals surface area contributed by atoms with Gasteiger partial charge in [0.15, 0.2) is 0 Å². The van der Waals surface area contributed by atoms with E-state index < -0.39 is 5.97 Å². The molecular formula is C19H17NO3. The van der Waals surface area contributed by atoms with Crippen LogP contribution in [0, 0.1) is 0 Å². The van der Waals surface area contributed by atoms with E-state index in [-0.39, 0.29) is 24.2 Å². The lowest BCUT2D eigenvalue weighted by atomic mass is 9.77. The summed E-state index contributed by atoms with van der Waals surface area (Å²) in [6.07, 6.45) is 0.833. The quantitative estimate of drug-likeness (QED) is 0.948. The molecule has 0 radical (unpaired) electrons. The topological polar surface area (TPSA) is 57.6 Å². The summed E-state index contributed by atoms with van der Waals surface area (Å²) in [6.45, 7) is 0.461. The third-order valence-electron chi connectivity index (χ3n) is 4.91. The Bertz CT molecular complexity index is 799. The number of hydrogen-bond donors (Lipinski definition) is 1. The minimum atomic E-state index is -0.826. The molecule has 4 nitrogen and oxygen atoms in total. The molecule has 1 aliphatic heterocycles. The SMILES string of the molecule is O=C(O)CC1CN(C(=O)C2Cc3ccccc32)c2ccccc21. The van der Waals surface area contributed by atoms with Crippen LogP contribution >= 0.6 is 0 Å². The van der Waals surface area contributed by atoms with Gasteiger partial charge >= 0.3 is 5.97 Å². The number of rotatable bonds is 3. The molecule has 2 aliphatic rings. The van der Waals surface area contributed by atoms with Gasteiger partial charge in [-0.3, -0.25) is 9.59 Å². The number of carboxylic acids is 1. The predicted octanol–water partition coefficient (Wildman–Crippen LogP) is 2.93. The van der Waals surface area contributed by atoms with Crippen LogP contribution in [-0.2, 0) is 16.0 Å². The Labute approximate surface area is 134 Å². The molecule has 4 heteroatoms. The molecule has 1 amide bonds. The largest absolute Gasteiger partial charge is 0.481 e. The number of aliphatic carboxylic acids is 1. The average Bonchev–Trinajstić information content (AvgIpc) is 2.87. The zero-order chi connectivity index (χ0) is 16.0. The zero-order valence-corrected chi connectivity index (χ0v) is 12.6. The lowest BCUT2D eigenvalue weighted by Gasteiger charge is -2.32. The van der Waals surface area contributed by atoms with Crippen molar-refractivity contribution in [1.29, 1.82) is 0 Å². The smallest absolute Gasteiger partial charge is 0.304 e. The average molecular weight is 307 g/mol. The van der Waals surface area contributed by atoms with Crippen molar-refractivity contribution in [3.05, 3.63) is 65.2 Å². The first-order valence-corrected chi connectivity index (χ1v) is 7.85. The van der Waals surface area contributed by atoms with Crippen molar-refractivity contribution in [2.75, 3.05) is 11.4 Å². The molecule has 2 aromatic carbocycles. The normalized spacial score (nSPS) is 21.3. The van der Waals surface area contributed by atoms with Crippen molar-refractivity contribution in [3.8, 4) is 0 Å². The van der Waals surface area contributed by atoms with Crippen molar-refractivity contribution in [3.63, 3.8) is 0 Å². The van der Waals surface area contributed by atoms with E-state index in [0.717, 1.165) is 23.2 Å². The van der Waals surface area contributed by atoms with Crippen LogP contribution in [0.4, 0.5) is 5.69 Å². The first-order chi connectivity index (χ1) is 11.1. The summed E-state index contributed by atoms with van der Waals surface area (Å²) in [6, 6.07) is 15.7. The molecule has 23 heavy (non-hydrogen) atoms. The maximum atomic E-state index is 13.0. The third kappa shape index (κ3) is 2.22. The van der Waals surface area contributed by atoms with Gasteiger partial charge in [-0.2, -0.15) is 0 Å². The van der Waals surface area contributed by atoms with E-state index in [0.29, 0.717) is 6.54 Å². The molecule has 0 aromatic heterocycles. The highest BCUT2D eigenvalue weighted by molar-refractivity contribution is 6.01. The molecule has 2 aromatic rings. The molecule has 1 heterocycles. The van der Waals surface area contributed by atoms with E-state index in [1.54, 1.807) is 4.90 Å². The second-order valence-electron chi connectivity index (χ2n) is 6.26. The number of benzene rings is 2. The van der Waals surface area contributed by atoms with Crippen LogP contribution in [-0.4, -0.2) is 23.5 Å². The number of amides is 1. The third-order valence-corrected chi connectivity index (χ3v) is 4.91. The molecule has 1 N–H and O–H groups in total. The summed E-state index contributed by atoms with van der Waals surface area (Å²) < 4.78 is 0. The highest BCUT2D eigenvalue weighted by Crippen LogP contribution is 2.42.